The van der Waals surface area contributed by atoms with Crippen molar-refractivity contribution in [3.63, 3.8) is 0 Å². The van der Waals surface area contributed by atoms with Crippen molar-refractivity contribution in [3.8, 4) is 5.75 Å². The fourth-order valence-corrected chi connectivity index (χ4v) is 6.53. The van der Waals surface area contributed by atoms with Gasteiger partial charge >= 0.3 is 0 Å². The third-order valence-electron chi connectivity index (χ3n) is 6.80. The first kappa shape index (κ1) is 22.6. The standard InChI is InChI=1S/C23H35N3O4S/c1-18-16-26(19(2)27)22-15-21(7-8-23(22)30-18)31(28,29)25-13-9-20(10-14-25)17-24-11-5-3-4-6-12-24/h7-8,15,18,20H,3-6,9-14,16-17H2,1-2H3/t18-/m0/s1. The number of carbonyl (C=O) groups is 1. The average Bonchev–Trinajstić information content (AvgIpc) is 3.01. The molecule has 31 heavy (non-hydrogen) atoms. The number of likely N-dealkylation sites (tertiary alicyclic amines) is 1. The maximum absolute atomic E-state index is 13.3. The number of hydrogen-bond donors (Lipinski definition) is 0. The van der Waals surface area contributed by atoms with Gasteiger partial charge in [-0.25, -0.2) is 8.42 Å². The zero-order valence-corrected chi connectivity index (χ0v) is 19.6. The lowest BCUT2D eigenvalue weighted by atomic mass is 9.97. The zero-order chi connectivity index (χ0) is 22.0. The highest BCUT2D eigenvalue weighted by Gasteiger charge is 2.33. The van der Waals surface area contributed by atoms with Crippen LogP contribution in [-0.4, -0.2) is 68.9 Å². The van der Waals surface area contributed by atoms with Gasteiger partial charge in [0.2, 0.25) is 15.9 Å². The molecule has 1 aromatic rings. The molecule has 8 heteroatoms. The van der Waals surface area contributed by atoms with E-state index in [-0.39, 0.29) is 16.9 Å². The van der Waals surface area contributed by atoms with Crippen molar-refractivity contribution in [3.05, 3.63) is 18.2 Å². The van der Waals surface area contributed by atoms with Crippen LogP contribution in [0.25, 0.3) is 0 Å². The number of fused-ring (bicyclic) bond motifs is 1. The van der Waals surface area contributed by atoms with Crippen molar-refractivity contribution < 1.29 is 17.9 Å². The predicted octanol–water partition coefficient (Wildman–Crippen LogP) is 3.10. The molecule has 0 aromatic heterocycles. The second-order valence-corrected chi connectivity index (χ2v) is 11.2. The molecule has 3 heterocycles. The molecular formula is C23H35N3O4S. The summed E-state index contributed by atoms with van der Waals surface area (Å²) in [5, 5.41) is 0. The minimum absolute atomic E-state index is 0.111. The second kappa shape index (κ2) is 9.46. The van der Waals surface area contributed by atoms with Crippen LogP contribution >= 0.6 is 0 Å². The molecule has 4 rings (SSSR count). The van der Waals surface area contributed by atoms with Crippen LogP contribution in [-0.2, 0) is 14.8 Å². The molecule has 0 radical (unpaired) electrons. The molecular weight excluding hydrogens is 414 g/mol. The summed E-state index contributed by atoms with van der Waals surface area (Å²) in [5.74, 6) is 1.01. The van der Waals surface area contributed by atoms with Crippen molar-refractivity contribution >= 4 is 21.6 Å². The first-order chi connectivity index (χ1) is 14.8. The van der Waals surface area contributed by atoms with Crippen LogP contribution < -0.4 is 9.64 Å². The highest BCUT2D eigenvalue weighted by Crippen LogP contribution is 2.36. The number of benzene rings is 1. The summed E-state index contributed by atoms with van der Waals surface area (Å²) in [6.45, 7) is 8.40. The summed E-state index contributed by atoms with van der Waals surface area (Å²) < 4.78 is 34.1. The third kappa shape index (κ3) is 5.07. The Morgan fingerprint density at radius 3 is 2.39 bits per heavy atom. The third-order valence-corrected chi connectivity index (χ3v) is 8.69. The predicted molar refractivity (Wildman–Crippen MR) is 121 cm³/mol. The molecule has 3 aliphatic rings. The lowest BCUT2D eigenvalue weighted by Crippen LogP contribution is -2.42. The van der Waals surface area contributed by atoms with Gasteiger partial charge in [-0.2, -0.15) is 4.31 Å². The topological polar surface area (TPSA) is 70.2 Å². The second-order valence-electron chi connectivity index (χ2n) is 9.25. The van der Waals surface area contributed by atoms with Gasteiger partial charge in [0.05, 0.1) is 17.1 Å². The van der Waals surface area contributed by atoms with Crippen molar-refractivity contribution in [2.24, 2.45) is 5.92 Å². The van der Waals surface area contributed by atoms with E-state index in [4.69, 9.17) is 4.74 Å². The van der Waals surface area contributed by atoms with Crippen molar-refractivity contribution in [2.45, 2.75) is 63.4 Å². The van der Waals surface area contributed by atoms with Crippen LogP contribution in [0.5, 0.6) is 5.75 Å². The molecule has 0 N–H and O–H groups in total. The molecule has 0 bridgehead atoms. The molecule has 0 saturated carbocycles. The number of ether oxygens (including phenoxy) is 1. The van der Waals surface area contributed by atoms with Gasteiger partial charge < -0.3 is 14.5 Å². The number of piperidine rings is 1. The van der Waals surface area contributed by atoms with Gasteiger partial charge in [-0.3, -0.25) is 4.79 Å². The lowest BCUT2D eigenvalue weighted by molar-refractivity contribution is -0.117. The van der Waals surface area contributed by atoms with Crippen LogP contribution in [0.3, 0.4) is 0 Å². The van der Waals surface area contributed by atoms with Gasteiger partial charge in [0.15, 0.2) is 0 Å². The van der Waals surface area contributed by atoms with E-state index in [1.165, 1.54) is 45.7 Å². The minimum atomic E-state index is -3.59. The summed E-state index contributed by atoms with van der Waals surface area (Å²) in [7, 11) is -3.59. The van der Waals surface area contributed by atoms with Crippen LogP contribution in [0.15, 0.2) is 23.1 Å². The number of sulfonamides is 1. The summed E-state index contributed by atoms with van der Waals surface area (Å²) in [6.07, 6.45) is 6.91. The maximum atomic E-state index is 13.3. The molecule has 1 aromatic carbocycles. The lowest BCUT2D eigenvalue weighted by Gasteiger charge is -2.35. The molecule has 2 saturated heterocycles. The van der Waals surface area contributed by atoms with E-state index >= 15 is 0 Å². The minimum Gasteiger partial charge on any atom is -0.487 e. The Hall–Kier alpha value is -1.64. The Bertz CT molecular complexity index is 888. The van der Waals surface area contributed by atoms with E-state index in [9.17, 15) is 13.2 Å². The number of carbonyl (C=O) groups excluding carboxylic acids is 1. The largest absolute Gasteiger partial charge is 0.487 e. The Labute approximate surface area is 186 Å². The maximum Gasteiger partial charge on any atom is 0.243 e. The van der Waals surface area contributed by atoms with E-state index in [0.717, 1.165) is 19.4 Å². The normalized spacial score (nSPS) is 24.3. The number of amides is 1. The SMILES string of the molecule is CC(=O)N1C[C@H](C)Oc2ccc(S(=O)(=O)N3CCC(CN4CCCCCC4)CC3)cc21. The molecule has 0 spiro atoms. The van der Waals surface area contributed by atoms with Gasteiger partial charge in [-0.15, -0.1) is 0 Å². The Kier molecular flexibility index (Phi) is 6.89. The molecule has 0 unspecified atom stereocenters. The molecule has 3 aliphatic heterocycles. The molecule has 172 valence electrons. The van der Waals surface area contributed by atoms with Crippen LogP contribution in [0.2, 0.25) is 0 Å². The van der Waals surface area contributed by atoms with E-state index < -0.39 is 10.0 Å². The summed E-state index contributed by atoms with van der Waals surface area (Å²) >= 11 is 0. The van der Waals surface area contributed by atoms with Crippen LogP contribution in [0.1, 0.15) is 52.4 Å². The summed E-state index contributed by atoms with van der Waals surface area (Å²) in [5.41, 5.74) is 0.544. The van der Waals surface area contributed by atoms with Crippen molar-refractivity contribution in [2.75, 3.05) is 44.2 Å². The molecule has 1 atom stereocenters. The summed E-state index contributed by atoms with van der Waals surface area (Å²) in [4.78, 5) is 16.5. The Balaban J connectivity index is 1.43. The fraction of sp³-hybridized carbons (Fsp3) is 0.696. The summed E-state index contributed by atoms with van der Waals surface area (Å²) in [6, 6.07) is 4.88. The molecule has 0 aliphatic carbocycles. The van der Waals surface area contributed by atoms with Gasteiger partial charge in [0, 0.05) is 26.6 Å². The number of nitrogens with zero attached hydrogens (tertiary/aromatic N) is 3. The van der Waals surface area contributed by atoms with Crippen molar-refractivity contribution in [1.82, 2.24) is 9.21 Å². The highest BCUT2D eigenvalue weighted by atomic mass is 32.2. The smallest absolute Gasteiger partial charge is 0.243 e. The number of anilines is 1. The number of rotatable bonds is 4. The average molecular weight is 450 g/mol. The van der Waals surface area contributed by atoms with Gasteiger partial charge in [-0.1, -0.05) is 12.8 Å². The number of hydrogen-bond acceptors (Lipinski definition) is 5. The fourth-order valence-electron chi connectivity index (χ4n) is 5.04. The zero-order valence-electron chi connectivity index (χ0n) is 18.8. The first-order valence-corrected chi connectivity index (χ1v) is 13.1. The Morgan fingerprint density at radius 1 is 1.06 bits per heavy atom. The molecule has 1 amide bonds. The Morgan fingerprint density at radius 2 is 1.74 bits per heavy atom. The van der Waals surface area contributed by atoms with E-state index in [2.05, 4.69) is 4.90 Å². The van der Waals surface area contributed by atoms with E-state index in [1.54, 1.807) is 27.4 Å². The van der Waals surface area contributed by atoms with Gasteiger partial charge in [0.1, 0.15) is 11.9 Å². The molecule has 2 fully saturated rings. The first-order valence-electron chi connectivity index (χ1n) is 11.7. The van der Waals surface area contributed by atoms with Gasteiger partial charge in [-0.05, 0) is 69.8 Å². The van der Waals surface area contributed by atoms with Gasteiger partial charge in [0.25, 0.3) is 0 Å². The van der Waals surface area contributed by atoms with Crippen LogP contribution in [0.4, 0.5) is 5.69 Å². The quantitative estimate of drug-likeness (QED) is 0.707. The van der Waals surface area contributed by atoms with E-state index in [1.807, 2.05) is 6.92 Å². The van der Waals surface area contributed by atoms with E-state index in [0.29, 0.717) is 37.0 Å². The molecule has 7 nitrogen and oxygen atoms in total. The van der Waals surface area contributed by atoms with Crippen LogP contribution in [0, 0.1) is 5.92 Å². The van der Waals surface area contributed by atoms with Crippen molar-refractivity contribution in [1.29, 1.82) is 0 Å². The monoisotopic (exact) mass is 449 g/mol. The highest BCUT2D eigenvalue weighted by molar-refractivity contribution is 7.89.